The van der Waals surface area contributed by atoms with Crippen LogP contribution in [0.2, 0.25) is 5.02 Å². The van der Waals surface area contributed by atoms with Gasteiger partial charge >= 0.3 is 0 Å². The number of piperazine rings is 1. The molecule has 0 radical (unpaired) electrons. The third-order valence-corrected chi connectivity index (χ3v) is 4.29. The standard InChI is InChI=1S/C14H19ClN2O2S/c1-20-9-8-16-4-6-17(7-5-16)14(19)12-3-2-11(15)10-13(12)18/h2-3,10,18H,4-9H2,1H3. The fourth-order valence-corrected chi connectivity index (χ4v) is 2.86. The van der Waals surface area contributed by atoms with E-state index < -0.39 is 0 Å². The highest BCUT2D eigenvalue weighted by Gasteiger charge is 2.23. The van der Waals surface area contributed by atoms with E-state index in [1.165, 1.54) is 6.07 Å². The van der Waals surface area contributed by atoms with Crippen molar-refractivity contribution in [3.63, 3.8) is 0 Å². The number of halogens is 1. The normalized spacial score (nSPS) is 16.4. The molecule has 1 heterocycles. The topological polar surface area (TPSA) is 43.8 Å². The van der Waals surface area contributed by atoms with Crippen molar-refractivity contribution in [1.29, 1.82) is 0 Å². The number of hydrogen-bond donors (Lipinski definition) is 1. The van der Waals surface area contributed by atoms with Gasteiger partial charge in [-0.25, -0.2) is 0 Å². The van der Waals surface area contributed by atoms with Crippen molar-refractivity contribution >= 4 is 29.3 Å². The molecule has 6 heteroatoms. The Morgan fingerprint density at radius 3 is 2.65 bits per heavy atom. The predicted octanol–water partition coefficient (Wildman–Crippen LogP) is 2.17. The predicted molar refractivity (Wildman–Crippen MR) is 83.8 cm³/mol. The van der Waals surface area contributed by atoms with Crippen LogP contribution in [0.15, 0.2) is 18.2 Å². The van der Waals surface area contributed by atoms with Crippen LogP contribution in [0.3, 0.4) is 0 Å². The number of aromatic hydroxyl groups is 1. The van der Waals surface area contributed by atoms with E-state index in [1.54, 1.807) is 17.0 Å². The molecule has 1 aromatic rings. The minimum atomic E-state index is -0.122. The highest BCUT2D eigenvalue weighted by molar-refractivity contribution is 7.98. The SMILES string of the molecule is CSCCN1CCN(C(=O)c2ccc(Cl)cc2O)CC1. The van der Waals surface area contributed by atoms with Gasteiger partial charge in [0.15, 0.2) is 0 Å². The van der Waals surface area contributed by atoms with E-state index in [9.17, 15) is 9.90 Å². The van der Waals surface area contributed by atoms with Crippen LogP contribution in [0.25, 0.3) is 0 Å². The Morgan fingerprint density at radius 1 is 1.35 bits per heavy atom. The van der Waals surface area contributed by atoms with Gasteiger partial charge in [0, 0.05) is 43.5 Å². The maximum Gasteiger partial charge on any atom is 0.257 e. The molecule has 1 aromatic carbocycles. The molecule has 2 rings (SSSR count). The van der Waals surface area contributed by atoms with E-state index in [2.05, 4.69) is 11.2 Å². The molecule has 0 spiro atoms. The number of nitrogens with zero attached hydrogens (tertiary/aromatic N) is 2. The second-order valence-corrected chi connectivity index (χ2v) is 6.21. The van der Waals surface area contributed by atoms with E-state index in [0.717, 1.165) is 25.4 Å². The summed E-state index contributed by atoms with van der Waals surface area (Å²) in [6, 6.07) is 4.62. The lowest BCUT2D eigenvalue weighted by Gasteiger charge is -2.34. The summed E-state index contributed by atoms with van der Waals surface area (Å²) in [5.74, 6) is 0.947. The fourth-order valence-electron chi connectivity index (χ4n) is 2.25. The van der Waals surface area contributed by atoms with Gasteiger partial charge < -0.3 is 10.0 Å². The second-order valence-electron chi connectivity index (χ2n) is 4.79. The average Bonchev–Trinajstić information content (AvgIpc) is 2.45. The van der Waals surface area contributed by atoms with Gasteiger partial charge in [-0.05, 0) is 24.5 Å². The van der Waals surface area contributed by atoms with Gasteiger partial charge in [0.25, 0.3) is 5.91 Å². The average molecular weight is 315 g/mol. The highest BCUT2D eigenvalue weighted by atomic mass is 35.5. The van der Waals surface area contributed by atoms with Gasteiger partial charge in [-0.1, -0.05) is 11.6 Å². The first-order valence-corrected chi connectivity index (χ1v) is 8.38. The molecule has 0 atom stereocenters. The molecule has 1 aliphatic rings. The second kappa shape index (κ2) is 7.20. The molecule has 0 unspecified atom stereocenters. The van der Waals surface area contributed by atoms with E-state index in [4.69, 9.17) is 11.6 Å². The molecule has 1 aliphatic heterocycles. The zero-order valence-corrected chi connectivity index (χ0v) is 13.1. The van der Waals surface area contributed by atoms with Crippen molar-refractivity contribution in [3.05, 3.63) is 28.8 Å². The van der Waals surface area contributed by atoms with Crippen LogP contribution in [0, 0.1) is 0 Å². The van der Waals surface area contributed by atoms with Crippen LogP contribution < -0.4 is 0 Å². The number of carbonyl (C=O) groups is 1. The molecule has 1 N–H and O–H groups in total. The number of phenolic OH excluding ortho intramolecular Hbond substituents is 1. The smallest absolute Gasteiger partial charge is 0.257 e. The van der Waals surface area contributed by atoms with Crippen molar-refractivity contribution in [1.82, 2.24) is 9.80 Å². The zero-order valence-electron chi connectivity index (χ0n) is 11.5. The van der Waals surface area contributed by atoms with Gasteiger partial charge in [0.05, 0.1) is 5.56 Å². The summed E-state index contributed by atoms with van der Waals surface area (Å²) in [5.41, 5.74) is 0.326. The summed E-state index contributed by atoms with van der Waals surface area (Å²) in [7, 11) is 0. The molecular formula is C14H19ClN2O2S. The molecule has 4 nitrogen and oxygen atoms in total. The summed E-state index contributed by atoms with van der Waals surface area (Å²) in [5, 5.41) is 10.2. The fraction of sp³-hybridized carbons (Fsp3) is 0.500. The monoisotopic (exact) mass is 314 g/mol. The molecule has 0 aliphatic carbocycles. The summed E-state index contributed by atoms with van der Waals surface area (Å²) in [6.07, 6.45) is 2.10. The highest BCUT2D eigenvalue weighted by Crippen LogP contribution is 2.23. The molecule has 110 valence electrons. The maximum atomic E-state index is 12.4. The summed E-state index contributed by atoms with van der Waals surface area (Å²) in [4.78, 5) is 16.5. The van der Waals surface area contributed by atoms with Gasteiger partial charge in [-0.3, -0.25) is 9.69 Å². The third-order valence-electron chi connectivity index (χ3n) is 3.46. The van der Waals surface area contributed by atoms with Crippen molar-refractivity contribution in [2.45, 2.75) is 0 Å². The Morgan fingerprint density at radius 2 is 2.05 bits per heavy atom. The Balaban J connectivity index is 1.94. The molecule has 1 fully saturated rings. The van der Waals surface area contributed by atoms with E-state index in [0.29, 0.717) is 23.7 Å². The van der Waals surface area contributed by atoms with Gasteiger partial charge in [0.1, 0.15) is 5.75 Å². The van der Waals surface area contributed by atoms with Gasteiger partial charge in [-0.2, -0.15) is 11.8 Å². The van der Waals surface area contributed by atoms with Crippen molar-refractivity contribution in [2.24, 2.45) is 0 Å². The molecule has 0 bridgehead atoms. The molecule has 1 amide bonds. The van der Waals surface area contributed by atoms with Crippen LogP contribution in [0.4, 0.5) is 0 Å². The molecule has 0 saturated carbocycles. The lowest BCUT2D eigenvalue weighted by Crippen LogP contribution is -2.49. The lowest BCUT2D eigenvalue weighted by atomic mass is 10.1. The third kappa shape index (κ3) is 3.81. The number of carbonyl (C=O) groups excluding carboxylic acids is 1. The Labute approximate surface area is 128 Å². The summed E-state index contributed by atoms with van der Waals surface area (Å²) < 4.78 is 0. The van der Waals surface area contributed by atoms with Crippen molar-refractivity contribution in [2.75, 3.05) is 44.7 Å². The number of benzene rings is 1. The quantitative estimate of drug-likeness (QED) is 0.925. The first kappa shape index (κ1) is 15.5. The van der Waals surface area contributed by atoms with Crippen LogP contribution >= 0.6 is 23.4 Å². The molecule has 0 aromatic heterocycles. The first-order chi connectivity index (χ1) is 9.61. The first-order valence-electron chi connectivity index (χ1n) is 6.61. The zero-order chi connectivity index (χ0) is 14.5. The lowest BCUT2D eigenvalue weighted by molar-refractivity contribution is 0.0642. The minimum absolute atomic E-state index is 0.0488. The summed E-state index contributed by atoms with van der Waals surface area (Å²) in [6.45, 7) is 4.25. The molecular weight excluding hydrogens is 296 g/mol. The number of thioether (sulfide) groups is 1. The number of rotatable bonds is 4. The number of hydrogen-bond acceptors (Lipinski definition) is 4. The molecule has 1 saturated heterocycles. The Kier molecular flexibility index (Phi) is 5.57. The van der Waals surface area contributed by atoms with Crippen LogP contribution in [0.1, 0.15) is 10.4 Å². The van der Waals surface area contributed by atoms with Crippen LogP contribution in [-0.2, 0) is 0 Å². The maximum absolute atomic E-state index is 12.4. The summed E-state index contributed by atoms with van der Waals surface area (Å²) >= 11 is 7.62. The largest absolute Gasteiger partial charge is 0.507 e. The Bertz CT molecular complexity index is 476. The van der Waals surface area contributed by atoms with Crippen LogP contribution in [0.5, 0.6) is 5.75 Å². The van der Waals surface area contributed by atoms with Gasteiger partial charge in [0.2, 0.25) is 0 Å². The van der Waals surface area contributed by atoms with Gasteiger partial charge in [-0.15, -0.1) is 0 Å². The van der Waals surface area contributed by atoms with E-state index >= 15 is 0 Å². The van der Waals surface area contributed by atoms with Crippen molar-refractivity contribution in [3.8, 4) is 5.75 Å². The van der Waals surface area contributed by atoms with E-state index in [-0.39, 0.29) is 11.7 Å². The Hall–Kier alpha value is -0.910. The minimum Gasteiger partial charge on any atom is -0.507 e. The van der Waals surface area contributed by atoms with Crippen molar-refractivity contribution < 1.29 is 9.90 Å². The number of phenols is 1. The number of amides is 1. The van der Waals surface area contributed by atoms with Crippen LogP contribution in [-0.4, -0.2) is 65.5 Å². The van der Waals surface area contributed by atoms with E-state index in [1.807, 2.05) is 11.8 Å². The molecule has 20 heavy (non-hydrogen) atoms.